The molecule has 2 nitrogen and oxygen atoms in total. The summed E-state index contributed by atoms with van der Waals surface area (Å²) in [7, 11) is 2.20. The second-order valence-electron chi connectivity index (χ2n) is 5.69. The Bertz CT molecular complexity index is 413. The first-order chi connectivity index (χ1) is 8.24. The highest BCUT2D eigenvalue weighted by atomic mass is 15.1. The fraction of sp³-hybridized carbons (Fsp3) is 0.600. The van der Waals surface area contributed by atoms with Gasteiger partial charge in [0.15, 0.2) is 0 Å². The van der Waals surface area contributed by atoms with Crippen molar-refractivity contribution in [1.29, 1.82) is 0 Å². The van der Waals surface area contributed by atoms with Crippen LogP contribution in [0, 0.1) is 5.92 Å². The molecule has 92 valence electrons. The minimum absolute atomic E-state index is 0.772. The molecule has 3 rings (SSSR count). The van der Waals surface area contributed by atoms with Gasteiger partial charge in [-0.2, -0.15) is 0 Å². The van der Waals surface area contributed by atoms with E-state index < -0.39 is 0 Å². The number of benzene rings is 1. The molecule has 2 unspecified atom stereocenters. The lowest BCUT2D eigenvalue weighted by atomic mass is 9.99. The van der Waals surface area contributed by atoms with Crippen molar-refractivity contribution >= 4 is 5.69 Å². The van der Waals surface area contributed by atoms with Gasteiger partial charge in [0.1, 0.15) is 0 Å². The number of rotatable bonds is 3. The van der Waals surface area contributed by atoms with Gasteiger partial charge in [0, 0.05) is 31.9 Å². The van der Waals surface area contributed by atoms with E-state index in [1.807, 2.05) is 0 Å². The Morgan fingerprint density at radius 3 is 3.00 bits per heavy atom. The van der Waals surface area contributed by atoms with Gasteiger partial charge >= 0.3 is 0 Å². The highest BCUT2D eigenvalue weighted by Gasteiger charge is 2.31. The number of hydrogen-bond acceptors (Lipinski definition) is 2. The predicted octanol–water partition coefficient (Wildman–Crippen LogP) is 2.57. The number of hydrogen-bond donors (Lipinski definition) is 1. The number of nitrogens with zero attached hydrogens (tertiary/aromatic N) is 1. The van der Waals surface area contributed by atoms with Gasteiger partial charge in [-0.25, -0.2) is 0 Å². The monoisotopic (exact) mass is 230 g/mol. The fourth-order valence-corrected chi connectivity index (χ4v) is 2.80. The summed E-state index contributed by atoms with van der Waals surface area (Å²) < 4.78 is 0. The van der Waals surface area contributed by atoms with Crippen LogP contribution in [0.15, 0.2) is 18.2 Å². The molecule has 1 heterocycles. The van der Waals surface area contributed by atoms with Crippen LogP contribution in [0.2, 0.25) is 0 Å². The molecule has 0 spiro atoms. The van der Waals surface area contributed by atoms with Crippen molar-refractivity contribution in [3.63, 3.8) is 0 Å². The third-order valence-electron chi connectivity index (χ3n) is 4.17. The zero-order valence-corrected chi connectivity index (χ0v) is 10.9. The van der Waals surface area contributed by atoms with Crippen LogP contribution in [0.3, 0.4) is 0 Å². The molecule has 1 aromatic rings. The molecule has 2 heteroatoms. The predicted molar refractivity (Wildman–Crippen MR) is 72.4 cm³/mol. The SMILES string of the molecule is CC1CC1NCc1ccc2c(c1)CCCN2C. The highest BCUT2D eigenvalue weighted by molar-refractivity contribution is 5.56. The van der Waals surface area contributed by atoms with Gasteiger partial charge in [-0.05, 0) is 42.4 Å². The quantitative estimate of drug-likeness (QED) is 0.858. The average Bonchev–Trinajstić information content (AvgIpc) is 3.03. The van der Waals surface area contributed by atoms with Crippen LogP contribution >= 0.6 is 0 Å². The van der Waals surface area contributed by atoms with Crippen molar-refractivity contribution in [3.05, 3.63) is 29.3 Å². The van der Waals surface area contributed by atoms with E-state index in [4.69, 9.17) is 0 Å². The molecular weight excluding hydrogens is 208 g/mol. The summed E-state index contributed by atoms with van der Waals surface area (Å²) in [6.45, 7) is 4.55. The first-order valence-corrected chi connectivity index (χ1v) is 6.80. The first-order valence-electron chi connectivity index (χ1n) is 6.80. The van der Waals surface area contributed by atoms with E-state index in [1.54, 1.807) is 0 Å². The molecule has 1 saturated carbocycles. The van der Waals surface area contributed by atoms with Crippen molar-refractivity contribution in [2.75, 3.05) is 18.5 Å². The first kappa shape index (κ1) is 11.1. The molecule has 2 atom stereocenters. The standard InChI is InChI=1S/C15H22N2/c1-11-8-14(11)16-10-12-5-6-15-13(9-12)4-3-7-17(15)2/h5-6,9,11,14,16H,3-4,7-8,10H2,1-2H3. The Labute approximate surface area is 104 Å². The number of fused-ring (bicyclic) bond motifs is 1. The maximum atomic E-state index is 3.63. The molecule has 0 aromatic heterocycles. The Hall–Kier alpha value is -1.02. The highest BCUT2D eigenvalue weighted by Crippen LogP contribution is 2.30. The molecule has 1 N–H and O–H groups in total. The van der Waals surface area contributed by atoms with Gasteiger partial charge in [0.05, 0.1) is 0 Å². The Morgan fingerprint density at radius 1 is 1.41 bits per heavy atom. The van der Waals surface area contributed by atoms with Gasteiger partial charge in [-0.15, -0.1) is 0 Å². The van der Waals surface area contributed by atoms with Crippen LogP contribution < -0.4 is 10.2 Å². The number of anilines is 1. The fourth-order valence-electron chi connectivity index (χ4n) is 2.80. The van der Waals surface area contributed by atoms with Crippen molar-refractivity contribution in [1.82, 2.24) is 5.32 Å². The van der Waals surface area contributed by atoms with Crippen LogP contribution in [0.25, 0.3) is 0 Å². The molecule has 1 aliphatic heterocycles. The summed E-state index contributed by atoms with van der Waals surface area (Å²) in [6, 6.07) is 7.74. The zero-order chi connectivity index (χ0) is 11.8. The number of nitrogens with one attached hydrogen (secondary N) is 1. The summed E-state index contributed by atoms with van der Waals surface area (Å²) in [5, 5.41) is 3.63. The van der Waals surface area contributed by atoms with Gasteiger partial charge in [-0.3, -0.25) is 0 Å². The lowest BCUT2D eigenvalue weighted by Crippen LogP contribution is -2.25. The Morgan fingerprint density at radius 2 is 2.24 bits per heavy atom. The summed E-state index contributed by atoms with van der Waals surface area (Å²) in [4.78, 5) is 2.37. The van der Waals surface area contributed by atoms with Crippen LogP contribution in [0.1, 0.15) is 30.9 Å². The topological polar surface area (TPSA) is 15.3 Å². The molecule has 2 aliphatic rings. The molecule has 1 fully saturated rings. The number of aryl methyl sites for hydroxylation is 1. The maximum absolute atomic E-state index is 3.63. The Kier molecular flexibility index (Phi) is 2.83. The lowest BCUT2D eigenvalue weighted by Gasteiger charge is -2.27. The van der Waals surface area contributed by atoms with E-state index in [9.17, 15) is 0 Å². The summed E-state index contributed by atoms with van der Waals surface area (Å²) >= 11 is 0. The van der Waals surface area contributed by atoms with Crippen molar-refractivity contribution < 1.29 is 0 Å². The minimum atomic E-state index is 0.772. The van der Waals surface area contributed by atoms with Crippen molar-refractivity contribution in [2.45, 2.75) is 38.8 Å². The van der Waals surface area contributed by atoms with E-state index in [2.05, 4.69) is 42.4 Å². The Balaban J connectivity index is 1.69. The molecule has 0 radical (unpaired) electrons. The molecule has 1 aliphatic carbocycles. The van der Waals surface area contributed by atoms with E-state index >= 15 is 0 Å². The maximum Gasteiger partial charge on any atom is 0.0396 e. The lowest BCUT2D eigenvalue weighted by molar-refractivity contribution is 0.651. The molecular formula is C15H22N2. The second-order valence-corrected chi connectivity index (χ2v) is 5.69. The molecule has 0 bridgehead atoms. The van der Waals surface area contributed by atoms with Crippen LogP contribution in [0.5, 0.6) is 0 Å². The van der Waals surface area contributed by atoms with Crippen LogP contribution in [-0.4, -0.2) is 19.6 Å². The molecule has 0 saturated heterocycles. The smallest absolute Gasteiger partial charge is 0.0396 e. The summed E-state index contributed by atoms with van der Waals surface area (Å²) in [5.74, 6) is 0.888. The van der Waals surface area contributed by atoms with Gasteiger partial charge in [-0.1, -0.05) is 19.1 Å². The summed E-state index contributed by atoms with van der Waals surface area (Å²) in [5.41, 5.74) is 4.40. The van der Waals surface area contributed by atoms with E-state index in [0.717, 1.165) is 18.5 Å². The third-order valence-corrected chi connectivity index (χ3v) is 4.17. The summed E-state index contributed by atoms with van der Waals surface area (Å²) in [6.07, 6.45) is 3.89. The minimum Gasteiger partial charge on any atom is -0.374 e. The van der Waals surface area contributed by atoms with Gasteiger partial charge in [0.2, 0.25) is 0 Å². The van der Waals surface area contributed by atoms with Gasteiger partial charge in [0.25, 0.3) is 0 Å². The normalized spacial score (nSPS) is 26.8. The third kappa shape index (κ3) is 2.32. The van der Waals surface area contributed by atoms with Crippen LogP contribution in [0.4, 0.5) is 5.69 Å². The van der Waals surface area contributed by atoms with E-state index in [1.165, 1.54) is 42.6 Å². The van der Waals surface area contributed by atoms with Crippen molar-refractivity contribution in [3.8, 4) is 0 Å². The van der Waals surface area contributed by atoms with E-state index in [-0.39, 0.29) is 0 Å². The molecule has 0 amide bonds. The molecule has 1 aromatic carbocycles. The van der Waals surface area contributed by atoms with Crippen LogP contribution in [-0.2, 0) is 13.0 Å². The molecule has 17 heavy (non-hydrogen) atoms. The van der Waals surface area contributed by atoms with Crippen molar-refractivity contribution in [2.24, 2.45) is 5.92 Å². The second kappa shape index (κ2) is 4.34. The average molecular weight is 230 g/mol. The van der Waals surface area contributed by atoms with E-state index in [0.29, 0.717) is 0 Å². The zero-order valence-electron chi connectivity index (χ0n) is 10.9. The largest absolute Gasteiger partial charge is 0.374 e. The van der Waals surface area contributed by atoms with Gasteiger partial charge < -0.3 is 10.2 Å².